The topological polar surface area (TPSA) is 69.2 Å². The quantitative estimate of drug-likeness (QED) is 0.426. The van der Waals surface area contributed by atoms with Crippen LogP contribution < -0.4 is 0 Å². The summed E-state index contributed by atoms with van der Waals surface area (Å²) in [6.45, 7) is 3.73. The highest BCUT2D eigenvalue weighted by molar-refractivity contribution is 6.07. The maximum atomic E-state index is 11.9. The molecule has 0 aromatic carbocycles. The van der Waals surface area contributed by atoms with Crippen LogP contribution in [0.2, 0.25) is 0 Å². The molecule has 1 atom stereocenters. The Balaban J connectivity index is 2.82. The Kier molecular flexibility index (Phi) is 4.57. The fourth-order valence-electron chi connectivity index (χ4n) is 1.31. The number of ether oxygens (including phenoxy) is 1. The summed E-state index contributed by atoms with van der Waals surface area (Å²) < 4.78 is 4.83. The molecule has 5 heteroatoms. The predicted molar refractivity (Wildman–Crippen MR) is 56.8 cm³/mol. The van der Waals surface area contributed by atoms with Gasteiger partial charge in [-0.2, -0.15) is 5.10 Å². The molecule has 1 heterocycles. The first-order valence-corrected chi connectivity index (χ1v) is 5.19. The van der Waals surface area contributed by atoms with E-state index in [1.54, 1.807) is 19.9 Å². The molecule has 16 heavy (non-hydrogen) atoms. The van der Waals surface area contributed by atoms with Crippen LogP contribution in [0.25, 0.3) is 0 Å². The molecule has 0 saturated heterocycles. The van der Waals surface area contributed by atoms with Crippen LogP contribution in [0.4, 0.5) is 0 Å². The molecule has 0 spiro atoms. The molecule has 1 rings (SSSR count). The molecule has 0 fully saturated rings. The lowest BCUT2D eigenvalue weighted by Gasteiger charge is -2.11. The zero-order valence-electron chi connectivity index (χ0n) is 9.34. The number of rotatable bonds is 5. The van der Waals surface area contributed by atoms with Gasteiger partial charge in [-0.05, 0) is 25.5 Å². The molecular weight excluding hydrogens is 208 g/mol. The van der Waals surface area contributed by atoms with Crippen molar-refractivity contribution in [1.82, 2.24) is 10.2 Å². The summed E-state index contributed by atoms with van der Waals surface area (Å²) in [5, 5.41) is 7.29. The molecular formula is C11H14N2O3. The molecule has 0 saturated carbocycles. The van der Waals surface area contributed by atoms with E-state index in [1.807, 2.05) is 0 Å². The van der Waals surface area contributed by atoms with Crippen molar-refractivity contribution in [3.05, 3.63) is 24.0 Å². The van der Waals surface area contributed by atoms with Crippen LogP contribution in [-0.2, 0) is 9.53 Å². The van der Waals surface area contributed by atoms with Crippen LogP contribution in [-0.4, -0.2) is 28.6 Å². The van der Waals surface area contributed by atoms with E-state index < -0.39 is 11.9 Å². The molecule has 1 aromatic heterocycles. The van der Waals surface area contributed by atoms with Gasteiger partial charge in [-0.25, -0.2) is 0 Å². The monoisotopic (exact) mass is 222 g/mol. The Morgan fingerprint density at radius 3 is 2.69 bits per heavy atom. The summed E-state index contributed by atoms with van der Waals surface area (Å²) in [6.07, 6.45) is 1.87. The summed E-state index contributed by atoms with van der Waals surface area (Å²) in [7, 11) is 0. The third-order valence-electron chi connectivity index (χ3n) is 2.12. The molecule has 1 aromatic rings. The highest BCUT2D eigenvalue weighted by atomic mass is 16.5. The van der Waals surface area contributed by atoms with Crippen molar-refractivity contribution in [3.8, 4) is 0 Å². The lowest BCUT2D eigenvalue weighted by atomic mass is 9.99. The van der Waals surface area contributed by atoms with E-state index in [1.165, 1.54) is 12.3 Å². The average molecular weight is 222 g/mol. The van der Waals surface area contributed by atoms with Crippen LogP contribution in [0.3, 0.4) is 0 Å². The van der Waals surface area contributed by atoms with E-state index in [0.717, 1.165) is 0 Å². The Bertz CT molecular complexity index is 365. The van der Waals surface area contributed by atoms with Gasteiger partial charge in [0.25, 0.3) is 0 Å². The van der Waals surface area contributed by atoms with Gasteiger partial charge in [0, 0.05) is 6.20 Å². The first-order valence-electron chi connectivity index (χ1n) is 5.19. The van der Waals surface area contributed by atoms with Gasteiger partial charge in [-0.15, -0.1) is 5.10 Å². The predicted octanol–water partition coefficient (Wildman–Crippen LogP) is 1.25. The van der Waals surface area contributed by atoms with Crippen molar-refractivity contribution in [2.45, 2.75) is 20.3 Å². The third kappa shape index (κ3) is 2.85. The fraction of sp³-hybridized carbons (Fsp3) is 0.455. The zero-order chi connectivity index (χ0) is 12.0. The maximum Gasteiger partial charge on any atom is 0.316 e. The van der Waals surface area contributed by atoms with Crippen molar-refractivity contribution in [2.24, 2.45) is 5.92 Å². The molecule has 1 unspecified atom stereocenters. The summed E-state index contributed by atoms with van der Waals surface area (Å²) in [6, 6.07) is 3.15. The Morgan fingerprint density at radius 2 is 2.19 bits per heavy atom. The highest BCUT2D eigenvalue weighted by Gasteiger charge is 2.27. The lowest BCUT2D eigenvalue weighted by molar-refractivity contribution is -0.146. The molecule has 0 N–H and O–H groups in total. The number of hydrogen-bond acceptors (Lipinski definition) is 5. The van der Waals surface area contributed by atoms with Gasteiger partial charge < -0.3 is 4.74 Å². The second-order valence-corrected chi connectivity index (χ2v) is 3.19. The highest BCUT2D eigenvalue weighted by Crippen LogP contribution is 2.12. The zero-order valence-corrected chi connectivity index (χ0v) is 9.34. The van der Waals surface area contributed by atoms with Gasteiger partial charge in [0.15, 0.2) is 5.78 Å². The van der Waals surface area contributed by atoms with Gasteiger partial charge >= 0.3 is 5.97 Å². The summed E-state index contributed by atoms with van der Waals surface area (Å²) in [5.74, 6) is -1.62. The summed E-state index contributed by atoms with van der Waals surface area (Å²) in [5.41, 5.74) is 0.197. The average Bonchev–Trinajstić information content (AvgIpc) is 2.31. The number of aromatic nitrogens is 2. The smallest absolute Gasteiger partial charge is 0.316 e. The first-order chi connectivity index (χ1) is 7.70. The Morgan fingerprint density at radius 1 is 1.44 bits per heavy atom. The van der Waals surface area contributed by atoms with Crippen LogP contribution in [0.1, 0.15) is 30.8 Å². The van der Waals surface area contributed by atoms with Crippen LogP contribution >= 0.6 is 0 Å². The third-order valence-corrected chi connectivity index (χ3v) is 2.12. The standard InChI is InChI=1S/C11H14N2O3/c1-3-8(11(15)16-4-2)10(14)9-6-5-7-12-13-9/h5-8H,3-4H2,1-2H3. The Labute approximate surface area is 93.8 Å². The van der Waals surface area contributed by atoms with Crippen molar-refractivity contribution >= 4 is 11.8 Å². The number of carbonyl (C=O) groups excluding carboxylic acids is 2. The van der Waals surface area contributed by atoms with E-state index in [-0.39, 0.29) is 18.1 Å². The van der Waals surface area contributed by atoms with E-state index in [4.69, 9.17) is 4.74 Å². The molecule has 0 radical (unpaired) electrons. The van der Waals surface area contributed by atoms with Crippen molar-refractivity contribution < 1.29 is 14.3 Å². The van der Waals surface area contributed by atoms with Crippen LogP contribution in [0.15, 0.2) is 18.3 Å². The molecule has 0 bridgehead atoms. The van der Waals surface area contributed by atoms with Gasteiger partial charge in [-0.3, -0.25) is 9.59 Å². The van der Waals surface area contributed by atoms with Crippen molar-refractivity contribution in [2.75, 3.05) is 6.61 Å². The maximum absolute atomic E-state index is 11.9. The first kappa shape index (κ1) is 12.3. The second-order valence-electron chi connectivity index (χ2n) is 3.19. The van der Waals surface area contributed by atoms with Gasteiger partial charge in [-0.1, -0.05) is 6.92 Å². The van der Waals surface area contributed by atoms with Gasteiger partial charge in [0.1, 0.15) is 11.6 Å². The van der Waals surface area contributed by atoms with Crippen LogP contribution in [0, 0.1) is 5.92 Å². The molecule has 0 amide bonds. The normalized spacial score (nSPS) is 11.9. The van der Waals surface area contributed by atoms with E-state index >= 15 is 0 Å². The number of Topliss-reactive ketones (excluding diaryl/α,β-unsaturated/α-hetero) is 1. The van der Waals surface area contributed by atoms with E-state index in [9.17, 15) is 9.59 Å². The molecule has 5 nitrogen and oxygen atoms in total. The largest absolute Gasteiger partial charge is 0.465 e. The number of nitrogens with zero attached hydrogens (tertiary/aromatic N) is 2. The minimum absolute atomic E-state index is 0.197. The van der Waals surface area contributed by atoms with E-state index in [0.29, 0.717) is 6.42 Å². The molecule has 0 aliphatic carbocycles. The number of ketones is 1. The fourth-order valence-corrected chi connectivity index (χ4v) is 1.31. The lowest BCUT2D eigenvalue weighted by Crippen LogP contribution is -2.26. The molecule has 86 valence electrons. The molecule has 0 aliphatic rings. The van der Waals surface area contributed by atoms with E-state index in [2.05, 4.69) is 10.2 Å². The summed E-state index contributed by atoms with van der Waals surface area (Å²) in [4.78, 5) is 23.4. The number of hydrogen-bond donors (Lipinski definition) is 0. The van der Waals surface area contributed by atoms with Crippen molar-refractivity contribution in [3.63, 3.8) is 0 Å². The van der Waals surface area contributed by atoms with Gasteiger partial charge in [0.05, 0.1) is 6.61 Å². The Hall–Kier alpha value is -1.78. The second kappa shape index (κ2) is 5.95. The number of carbonyl (C=O) groups is 2. The minimum atomic E-state index is -0.781. The number of esters is 1. The molecule has 0 aliphatic heterocycles. The van der Waals surface area contributed by atoms with Crippen LogP contribution in [0.5, 0.6) is 0 Å². The minimum Gasteiger partial charge on any atom is -0.465 e. The van der Waals surface area contributed by atoms with Crippen molar-refractivity contribution in [1.29, 1.82) is 0 Å². The SMILES string of the molecule is CCOC(=O)C(CC)C(=O)c1cccnn1. The van der Waals surface area contributed by atoms with Gasteiger partial charge in [0.2, 0.25) is 0 Å². The summed E-state index contributed by atoms with van der Waals surface area (Å²) >= 11 is 0.